The third kappa shape index (κ3) is 5.47. The SMILES string of the molecule is Cc1cn(C2CCC(O)O2)c(=O)[nH]c1=O.OCOP1OCc2cc(F)ccc2O1. The van der Waals surface area contributed by atoms with Crippen molar-refractivity contribution in [1.29, 1.82) is 0 Å². The van der Waals surface area contributed by atoms with Crippen molar-refractivity contribution in [2.24, 2.45) is 0 Å². The number of hydrogen-bond donors (Lipinski definition) is 3. The molecule has 0 aliphatic carbocycles. The van der Waals surface area contributed by atoms with E-state index < -0.39 is 39.2 Å². The van der Waals surface area contributed by atoms with Crippen LogP contribution < -0.4 is 15.8 Å². The molecule has 3 heterocycles. The predicted molar refractivity (Wildman–Crippen MR) is 98.3 cm³/mol. The van der Waals surface area contributed by atoms with Gasteiger partial charge in [0.15, 0.2) is 13.1 Å². The lowest BCUT2D eigenvalue weighted by Crippen LogP contribution is -2.33. The lowest BCUT2D eigenvalue weighted by Gasteiger charge is -2.22. The summed E-state index contributed by atoms with van der Waals surface area (Å²) < 4.78 is 34.2. The van der Waals surface area contributed by atoms with Crippen molar-refractivity contribution >= 4 is 8.60 Å². The van der Waals surface area contributed by atoms with Gasteiger partial charge in [0, 0.05) is 23.7 Å². The van der Waals surface area contributed by atoms with E-state index in [4.69, 9.17) is 28.5 Å². The van der Waals surface area contributed by atoms with Gasteiger partial charge in [-0.05, 0) is 31.5 Å². The fourth-order valence-corrected chi connectivity index (χ4v) is 3.55. The molecule has 0 saturated carbocycles. The Bertz CT molecular complexity index is 965. The topological polar surface area (TPSA) is 132 Å². The molecule has 0 bridgehead atoms. The van der Waals surface area contributed by atoms with E-state index in [1.54, 1.807) is 6.92 Å². The van der Waals surface area contributed by atoms with Gasteiger partial charge in [0.2, 0.25) is 0 Å². The molecule has 2 aromatic rings. The molecule has 1 fully saturated rings. The summed E-state index contributed by atoms with van der Waals surface area (Å²) in [5.41, 5.74) is 0.185. The second-order valence-electron chi connectivity index (χ2n) is 6.20. The van der Waals surface area contributed by atoms with E-state index in [0.29, 0.717) is 29.7 Å². The van der Waals surface area contributed by atoms with Crippen LogP contribution in [-0.2, 0) is 20.4 Å². The number of aliphatic hydroxyl groups is 2. The highest BCUT2D eigenvalue weighted by Gasteiger charge is 2.25. The van der Waals surface area contributed by atoms with Gasteiger partial charge >= 0.3 is 14.3 Å². The number of aromatic nitrogens is 2. The summed E-state index contributed by atoms with van der Waals surface area (Å²) in [4.78, 5) is 24.7. The van der Waals surface area contributed by atoms with Crippen LogP contribution in [0.15, 0.2) is 34.0 Å². The molecule has 1 saturated heterocycles. The van der Waals surface area contributed by atoms with Crippen LogP contribution in [0.2, 0.25) is 0 Å². The van der Waals surface area contributed by atoms with Crippen LogP contribution in [0.5, 0.6) is 5.75 Å². The first-order valence-corrected chi connectivity index (χ1v) is 9.75. The average Bonchev–Trinajstić information content (AvgIpc) is 3.12. The molecule has 1 aromatic carbocycles. The second-order valence-corrected chi connectivity index (χ2v) is 7.35. The number of aromatic amines is 1. The highest BCUT2D eigenvalue weighted by Crippen LogP contribution is 2.46. The maximum Gasteiger partial charge on any atom is 0.399 e. The standard InChI is InChI=1S/C9H12N2O4.C8H8FO4P/c1-5-4-11(9(14)10-8(5)13)6-2-3-7(12)15-6;9-7-1-2-8-6(3-7)4-11-14(13-8)12-5-10/h4,6-7,12H,2-3H2,1H3,(H,10,13,14);1-3,10H,4-5H2. The lowest BCUT2D eigenvalue weighted by molar-refractivity contribution is -0.113. The van der Waals surface area contributed by atoms with Crippen molar-refractivity contribution in [1.82, 2.24) is 9.55 Å². The molecular formula is C17H20FN2O8P. The van der Waals surface area contributed by atoms with Gasteiger partial charge in [0.05, 0.1) is 6.61 Å². The Morgan fingerprint density at radius 1 is 1.38 bits per heavy atom. The Morgan fingerprint density at radius 3 is 2.86 bits per heavy atom. The van der Waals surface area contributed by atoms with Crippen LogP contribution in [0.3, 0.4) is 0 Å². The Morgan fingerprint density at radius 2 is 2.17 bits per heavy atom. The molecule has 2 aliphatic rings. The van der Waals surface area contributed by atoms with Gasteiger partial charge in [-0.15, -0.1) is 0 Å². The van der Waals surface area contributed by atoms with Gasteiger partial charge in [0.25, 0.3) is 5.56 Å². The molecule has 2 aliphatic heterocycles. The molecule has 4 rings (SSSR count). The summed E-state index contributed by atoms with van der Waals surface area (Å²) >= 11 is 0. The molecule has 0 radical (unpaired) electrons. The third-order valence-corrected chi connectivity index (χ3v) is 5.13. The maximum absolute atomic E-state index is 12.8. The van der Waals surface area contributed by atoms with E-state index in [1.165, 1.54) is 29.0 Å². The number of halogens is 1. The first-order valence-electron chi connectivity index (χ1n) is 8.66. The fourth-order valence-electron chi connectivity index (χ4n) is 2.70. The normalized spacial score (nSPS) is 23.0. The minimum atomic E-state index is -1.54. The molecule has 10 nitrogen and oxygen atoms in total. The van der Waals surface area contributed by atoms with Crippen molar-refractivity contribution in [3.63, 3.8) is 0 Å². The van der Waals surface area contributed by atoms with Crippen molar-refractivity contribution < 1.29 is 32.9 Å². The van der Waals surface area contributed by atoms with Gasteiger partial charge in [-0.2, -0.15) is 0 Å². The van der Waals surface area contributed by atoms with E-state index in [0.717, 1.165) is 0 Å². The Balaban J connectivity index is 0.000000166. The van der Waals surface area contributed by atoms with Crippen LogP contribution in [0.1, 0.15) is 30.2 Å². The first-order chi connectivity index (χ1) is 13.9. The average molecular weight is 430 g/mol. The Labute approximate surface area is 165 Å². The number of benzene rings is 1. The van der Waals surface area contributed by atoms with Crippen molar-refractivity contribution in [3.05, 3.63) is 62.2 Å². The molecule has 1 aromatic heterocycles. The highest BCUT2D eigenvalue weighted by atomic mass is 31.2. The lowest BCUT2D eigenvalue weighted by atomic mass is 10.2. The van der Waals surface area contributed by atoms with Crippen molar-refractivity contribution in [2.75, 3.05) is 6.79 Å². The Hall–Kier alpha value is -2.14. The van der Waals surface area contributed by atoms with Gasteiger partial charge in [-0.1, -0.05) is 0 Å². The van der Waals surface area contributed by atoms with Crippen LogP contribution in [0.25, 0.3) is 0 Å². The number of aryl methyl sites for hydroxylation is 1. The molecule has 3 atom stereocenters. The van der Waals surface area contributed by atoms with E-state index >= 15 is 0 Å². The smallest absolute Gasteiger partial charge is 0.399 e. The van der Waals surface area contributed by atoms with Gasteiger partial charge in [-0.25, -0.2) is 9.18 Å². The van der Waals surface area contributed by atoms with Crippen molar-refractivity contribution in [2.45, 2.75) is 38.9 Å². The fraction of sp³-hybridized carbons (Fsp3) is 0.412. The van der Waals surface area contributed by atoms with E-state index in [2.05, 4.69) is 4.98 Å². The van der Waals surface area contributed by atoms with Gasteiger partial charge in [-0.3, -0.25) is 23.4 Å². The maximum atomic E-state index is 12.8. The number of fused-ring (bicyclic) bond motifs is 1. The van der Waals surface area contributed by atoms with E-state index in [9.17, 15) is 14.0 Å². The summed E-state index contributed by atoms with van der Waals surface area (Å²) in [6.07, 6.45) is 1.20. The zero-order valence-electron chi connectivity index (χ0n) is 15.4. The number of nitrogens with zero attached hydrogens (tertiary/aromatic N) is 1. The summed E-state index contributed by atoms with van der Waals surface area (Å²) in [5, 5.41) is 17.7. The molecule has 158 valence electrons. The second kappa shape index (κ2) is 9.57. The molecule has 3 unspecified atom stereocenters. The van der Waals surface area contributed by atoms with Crippen LogP contribution >= 0.6 is 8.60 Å². The first kappa shape index (κ1) is 21.6. The van der Waals surface area contributed by atoms with Crippen molar-refractivity contribution in [3.8, 4) is 5.75 Å². The van der Waals surface area contributed by atoms with Crippen LogP contribution in [0, 0.1) is 12.7 Å². The van der Waals surface area contributed by atoms with Crippen LogP contribution in [-0.4, -0.2) is 32.8 Å². The number of ether oxygens (including phenoxy) is 1. The molecule has 0 spiro atoms. The molecular weight excluding hydrogens is 410 g/mol. The quantitative estimate of drug-likeness (QED) is 0.492. The molecule has 29 heavy (non-hydrogen) atoms. The minimum absolute atomic E-state index is 0.235. The summed E-state index contributed by atoms with van der Waals surface area (Å²) in [6, 6.07) is 4.17. The largest absolute Gasteiger partial charge is 0.426 e. The Kier molecular flexibility index (Phi) is 7.12. The zero-order valence-corrected chi connectivity index (χ0v) is 16.3. The van der Waals surface area contributed by atoms with Gasteiger partial charge < -0.3 is 19.5 Å². The number of hydrogen-bond acceptors (Lipinski definition) is 8. The molecule has 0 amide bonds. The number of H-pyrrole nitrogens is 1. The number of rotatable bonds is 3. The van der Waals surface area contributed by atoms with E-state index in [1.807, 2.05) is 0 Å². The number of aliphatic hydroxyl groups excluding tert-OH is 2. The monoisotopic (exact) mass is 430 g/mol. The minimum Gasteiger partial charge on any atom is -0.426 e. The summed E-state index contributed by atoms with van der Waals surface area (Å²) in [5.74, 6) is 0.211. The summed E-state index contributed by atoms with van der Waals surface area (Å²) in [7, 11) is -1.54. The molecule has 12 heteroatoms. The molecule has 3 N–H and O–H groups in total. The van der Waals surface area contributed by atoms with E-state index in [-0.39, 0.29) is 12.4 Å². The number of nitrogens with one attached hydrogen (secondary N) is 1. The zero-order chi connectivity index (χ0) is 21.0. The van der Waals surface area contributed by atoms with Gasteiger partial charge in [0.1, 0.15) is 17.8 Å². The summed E-state index contributed by atoms with van der Waals surface area (Å²) in [6.45, 7) is 1.39. The predicted octanol–water partition coefficient (Wildman–Crippen LogP) is 1.40. The highest BCUT2D eigenvalue weighted by molar-refractivity contribution is 7.42. The van der Waals surface area contributed by atoms with Crippen LogP contribution in [0.4, 0.5) is 4.39 Å². The third-order valence-electron chi connectivity index (χ3n) is 4.11.